The highest BCUT2D eigenvalue weighted by Gasteiger charge is 2.20. The van der Waals surface area contributed by atoms with E-state index in [-0.39, 0.29) is 0 Å². The van der Waals surface area contributed by atoms with Crippen molar-refractivity contribution in [2.45, 2.75) is 19.4 Å². The number of thiophene rings is 1. The molecule has 2 aromatic rings. The molecule has 0 bridgehead atoms. The Labute approximate surface area is 87.0 Å². The predicted octanol–water partition coefficient (Wildman–Crippen LogP) is 2.80. The van der Waals surface area contributed by atoms with Gasteiger partial charge >= 0.3 is 0 Å². The van der Waals surface area contributed by atoms with Crippen LogP contribution in [0.5, 0.6) is 5.75 Å². The van der Waals surface area contributed by atoms with E-state index in [1.165, 1.54) is 0 Å². The summed E-state index contributed by atoms with van der Waals surface area (Å²) in [6, 6.07) is 5.54. The number of phenols is 1. The molecular weight excluding hydrogens is 194 g/mol. The van der Waals surface area contributed by atoms with Gasteiger partial charge in [-0.05, 0) is 36.9 Å². The fraction of sp³-hybridized carbons (Fsp3) is 0.273. The van der Waals surface area contributed by atoms with Crippen LogP contribution in [0.1, 0.15) is 19.4 Å². The topological polar surface area (TPSA) is 46.2 Å². The Kier molecular flexibility index (Phi) is 2.01. The largest absolute Gasteiger partial charge is 0.507 e. The van der Waals surface area contributed by atoms with Gasteiger partial charge in [0, 0.05) is 15.6 Å². The minimum absolute atomic E-state index is 0.317. The third-order valence-corrected chi connectivity index (χ3v) is 3.22. The third kappa shape index (κ3) is 1.38. The minimum atomic E-state index is -0.406. The van der Waals surface area contributed by atoms with E-state index in [4.69, 9.17) is 5.73 Å². The zero-order valence-electron chi connectivity index (χ0n) is 8.24. The fourth-order valence-corrected chi connectivity index (χ4v) is 2.70. The second-order valence-corrected chi connectivity index (χ2v) is 4.93. The van der Waals surface area contributed by atoms with Crippen molar-refractivity contribution < 1.29 is 5.11 Å². The summed E-state index contributed by atoms with van der Waals surface area (Å²) >= 11 is 1.61. The van der Waals surface area contributed by atoms with Gasteiger partial charge in [-0.2, -0.15) is 0 Å². The maximum atomic E-state index is 9.76. The van der Waals surface area contributed by atoms with E-state index in [1.807, 2.05) is 31.4 Å². The molecule has 0 fully saturated rings. The monoisotopic (exact) mass is 207 g/mol. The molecule has 1 aromatic carbocycles. The molecule has 1 heterocycles. The Hall–Kier alpha value is -1.06. The smallest absolute Gasteiger partial charge is 0.124 e. The molecule has 0 unspecified atom stereocenters. The molecule has 0 saturated heterocycles. The van der Waals surface area contributed by atoms with Gasteiger partial charge in [0.1, 0.15) is 5.75 Å². The highest BCUT2D eigenvalue weighted by Crippen LogP contribution is 2.37. The van der Waals surface area contributed by atoms with Crippen LogP contribution < -0.4 is 5.73 Å². The zero-order valence-corrected chi connectivity index (χ0v) is 9.06. The molecule has 14 heavy (non-hydrogen) atoms. The Morgan fingerprint density at radius 3 is 2.71 bits per heavy atom. The van der Waals surface area contributed by atoms with Crippen LogP contribution in [0, 0.1) is 0 Å². The van der Waals surface area contributed by atoms with Crippen LogP contribution in [0.25, 0.3) is 10.1 Å². The number of benzene rings is 1. The first-order chi connectivity index (χ1) is 6.50. The molecule has 0 spiro atoms. The van der Waals surface area contributed by atoms with Crippen LogP contribution in [0.4, 0.5) is 0 Å². The highest BCUT2D eigenvalue weighted by atomic mass is 32.1. The van der Waals surface area contributed by atoms with Crippen molar-refractivity contribution in [3.63, 3.8) is 0 Å². The van der Waals surface area contributed by atoms with E-state index >= 15 is 0 Å². The van der Waals surface area contributed by atoms with Gasteiger partial charge in [0.15, 0.2) is 0 Å². The number of nitrogens with two attached hydrogens (primary N) is 1. The molecule has 0 aliphatic carbocycles. The van der Waals surface area contributed by atoms with Crippen molar-refractivity contribution in [1.82, 2.24) is 0 Å². The summed E-state index contributed by atoms with van der Waals surface area (Å²) in [6.45, 7) is 3.89. The predicted molar refractivity (Wildman–Crippen MR) is 60.7 cm³/mol. The summed E-state index contributed by atoms with van der Waals surface area (Å²) in [5.74, 6) is 0.317. The van der Waals surface area contributed by atoms with Crippen molar-refractivity contribution in [2.75, 3.05) is 0 Å². The molecule has 3 N–H and O–H groups in total. The average molecular weight is 207 g/mol. The van der Waals surface area contributed by atoms with Crippen LogP contribution in [0.2, 0.25) is 0 Å². The average Bonchev–Trinajstić information content (AvgIpc) is 2.47. The molecule has 0 saturated carbocycles. The second-order valence-electron chi connectivity index (χ2n) is 4.02. The molecule has 0 aliphatic rings. The van der Waals surface area contributed by atoms with E-state index in [0.717, 1.165) is 15.6 Å². The van der Waals surface area contributed by atoms with E-state index in [2.05, 4.69) is 0 Å². The first kappa shape index (κ1) is 9.49. The molecule has 0 radical (unpaired) electrons. The quantitative estimate of drug-likeness (QED) is 0.755. The van der Waals surface area contributed by atoms with Crippen molar-refractivity contribution in [3.8, 4) is 5.75 Å². The molecule has 1 aromatic heterocycles. The van der Waals surface area contributed by atoms with Gasteiger partial charge in [0.2, 0.25) is 0 Å². The van der Waals surface area contributed by atoms with Crippen LogP contribution in [0.3, 0.4) is 0 Å². The summed E-state index contributed by atoms with van der Waals surface area (Å²) in [5, 5.41) is 12.7. The van der Waals surface area contributed by atoms with Gasteiger partial charge in [-0.15, -0.1) is 11.3 Å². The summed E-state index contributed by atoms with van der Waals surface area (Å²) in [4.78, 5) is 0. The fourth-order valence-electron chi connectivity index (χ4n) is 1.54. The van der Waals surface area contributed by atoms with Gasteiger partial charge in [-0.3, -0.25) is 0 Å². The highest BCUT2D eigenvalue weighted by molar-refractivity contribution is 7.17. The van der Waals surface area contributed by atoms with Crippen LogP contribution in [-0.2, 0) is 5.54 Å². The van der Waals surface area contributed by atoms with Crippen LogP contribution in [0.15, 0.2) is 23.6 Å². The van der Waals surface area contributed by atoms with Crippen molar-refractivity contribution in [2.24, 2.45) is 5.73 Å². The lowest BCUT2D eigenvalue weighted by Gasteiger charge is -2.18. The number of rotatable bonds is 1. The second kappa shape index (κ2) is 2.97. The SMILES string of the molecule is CC(C)(N)c1csc2cccc(O)c12. The Bertz CT molecular complexity index is 468. The molecular formula is C11H13NOS. The minimum Gasteiger partial charge on any atom is -0.507 e. The lowest BCUT2D eigenvalue weighted by Crippen LogP contribution is -2.28. The van der Waals surface area contributed by atoms with Gasteiger partial charge in [-0.1, -0.05) is 6.07 Å². The third-order valence-electron chi connectivity index (χ3n) is 2.27. The first-order valence-electron chi connectivity index (χ1n) is 4.48. The summed E-state index contributed by atoms with van der Waals surface area (Å²) in [5.41, 5.74) is 6.64. The van der Waals surface area contributed by atoms with Gasteiger partial charge < -0.3 is 10.8 Å². The lowest BCUT2D eigenvalue weighted by atomic mass is 9.95. The molecule has 2 rings (SSSR count). The van der Waals surface area contributed by atoms with E-state index in [9.17, 15) is 5.11 Å². The maximum absolute atomic E-state index is 9.76. The Morgan fingerprint density at radius 1 is 1.36 bits per heavy atom. The van der Waals surface area contributed by atoms with Crippen molar-refractivity contribution in [3.05, 3.63) is 29.1 Å². The van der Waals surface area contributed by atoms with Crippen molar-refractivity contribution >= 4 is 21.4 Å². The summed E-state index contributed by atoms with van der Waals surface area (Å²) in [6.07, 6.45) is 0. The van der Waals surface area contributed by atoms with Gasteiger partial charge in [0.25, 0.3) is 0 Å². The molecule has 74 valence electrons. The summed E-state index contributed by atoms with van der Waals surface area (Å²) < 4.78 is 1.08. The molecule has 3 heteroatoms. The molecule has 0 aliphatic heterocycles. The van der Waals surface area contributed by atoms with E-state index in [1.54, 1.807) is 17.4 Å². The number of hydrogen-bond donors (Lipinski definition) is 2. The van der Waals surface area contributed by atoms with E-state index in [0.29, 0.717) is 5.75 Å². The van der Waals surface area contributed by atoms with Crippen LogP contribution in [-0.4, -0.2) is 5.11 Å². The first-order valence-corrected chi connectivity index (χ1v) is 5.36. The number of aromatic hydroxyl groups is 1. The van der Waals surface area contributed by atoms with Gasteiger partial charge in [0.05, 0.1) is 0 Å². The number of hydrogen-bond acceptors (Lipinski definition) is 3. The number of fused-ring (bicyclic) bond motifs is 1. The van der Waals surface area contributed by atoms with Crippen molar-refractivity contribution in [1.29, 1.82) is 0 Å². The van der Waals surface area contributed by atoms with Gasteiger partial charge in [-0.25, -0.2) is 0 Å². The molecule has 2 nitrogen and oxygen atoms in total. The van der Waals surface area contributed by atoms with Crippen LogP contribution >= 0.6 is 11.3 Å². The normalized spacial score (nSPS) is 12.2. The Balaban J connectivity index is 2.80. The number of phenolic OH excluding ortho intramolecular Hbond substituents is 1. The standard InChI is InChI=1S/C11H13NOS/c1-11(2,12)7-6-14-9-5-3-4-8(13)10(7)9/h3-6,13H,12H2,1-2H3. The zero-order chi connectivity index (χ0) is 10.3. The Morgan fingerprint density at radius 2 is 2.07 bits per heavy atom. The maximum Gasteiger partial charge on any atom is 0.124 e. The van der Waals surface area contributed by atoms with E-state index < -0.39 is 5.54 Å². The summed E-state index contributed by atoms with van der Waals surface area (Å²) in [7, 11) is 0. The lowest BCUT2D eigenvalue weighted by molar-refractivity contribution is 0.479. The molecule has 0 atom stereocenters. The molecule has 0 amide bonds.